The van der Waals surface area contributed by atoms with Gasteiger partial charge in [-0.05, 0) is 37.8 Å². The van der Waals surface area contributed by atoms with E-state index >= 15 is 0 Å². The molecule has 144 valence electrons. The fourth-order valence-corrected chi connectivity index (χ4v) is 2.22. The minimum absolute atomic E-state index is 0.140. The van der Waals surface area contributed by atoms with E-state index in [2.05, 4.69) is 19.1 Å². The number of aliphatic hydroxyl groups excluding tert-OH is 1. The van der Waals surface area contributed by atoms with Crippen LogP contribution in [0.3, 0.4) is 0 Å². The second kappa shape index (κ2) is 12.6. The van der Waals surface area contributed by atoms with E-state index in [1.807, 2.05) is 48.5 Å². The smallest absolute Gasteiger partial charge is 0.159 e. The van der Waals surface area contributed by atoms with Crippen molar-refractivity contribution >= 4 is 0 Å². The van der Waals surface area contributed by atoms with Crippen LogP contribution in [-0.2, 0) is 22.7 Å². The number of ether oxygens (including phenoxy) is 2. The van der Waals surface area contributed by atoms with E-state index in [1.54, 1.807) is 13.8 Å². The third-order valence-corrected chi connectivity index (χ3v) is 3.70. The molecule has 4 heteroatoms. The lowest BCUT2D eigenvalue weighted by atomic mass is 10.2. The first-order chi connectivity index (χ1) is 12.4. The summed E-state index contributed by atoms with van der Waals surface area (Å²) >= 11 is 0. The van der Waals surface area contributed by atoms with Gasteiger partial charge < -0.3 is 19.7 Å². The molecule has 2 aromatic rings. The van der Waals surface area contributed by atoms with E-state index in [0.29, 0.717) is 13.2 Å². The molecule has 0 radical (unpaired) electrons. The maximum atomic E-state index is 9.45. The summed E-state index contributed by atoms with van der Waals surface area (Å²) in [6, 6.07) is 19.7. The first-order valence-electron chi connectivity index (χ1n) is 9.11. The quantitative estimate of drug-likeness (QED) is 0.655. The third kappa shape index (κ3) is 11.0. The molecule has 0 fully saturated rings. The van der Waals surface area contributed by atoms with Crippen molar-refractivity contribution in [2.45, 2.75) is 58.7 Å². The molecule has 0 saturated heterocycles. The highest BCUT2D eigenvalue weighted by Crippen LogP contribution is 2.11. The van der Waals surface area contributed by atoms with Crippen LogP contribution in [0.15, 0.2) is 60.7 Å². The standard InChI is InChI=1S/C15H24O3.C7H8O/c1-4-14(10-11-18-15(2,3)16)17-12-13-8-6-5-7-9-13;8-6-7-4-2-1-3-5-7/h5-9,14,16H,4,10-12H2,1-3H3;1-5,8H,6H2. The van der Waals surface area contributed by atoms with Gasteiger partial charge in [0, 0.05) is 0 Å². The number of rotatable bonds is 9. The van der Waals surface area contributed by atoms with Crippen LogP contribution >= 0.6 is 0 Å². The Labute approximate surface area is 157 Å². The van der Waals surface area contributed by atoms with Crippen LogP contribution in [0.25, 0.3) is 0 Å². The van der Waals surface area contributed by atoms with Gasteiger partial charge in [0.05, 0.1) is 25.9 Å². The van der Waals surface area contributed by atoms with Crippen LogP contribution in [0.4, 0.5) is 0 Å². The number of hydrogen-bond donors (Lipinski definition) is 2. The highest BCUT2D eigenvalue weighted by Gasteiger charge is 2.14. The van der Waals surface area contributed by atoms with Crippen LogP contribution in [0.1, 0.15) is 44.7 Å². The molecule has 0 spiro atoms. The molecule has 2 N–H and O–H groups in total. The van der Waals surface area contributed by atoms with Crippen molar-refractivity contribution in [3.8, 4) is 0 Å². The maximum absolute atomic E-state index is 9.45. The molecule has 0 heterocycles. The van der Waals surface area contributed by atoms with Crippen LogP contribution in [-0.4, -0.2) is 28.7 Å². The highest BCUT2D eigenvalue weighted by atomic mass is 16.6. The fourth-order valence-electron chi connectivity index (χ4n) is 2.22. The molecule has 0 aliphatic carbocycles. The Balaban J connectivity index is 0.000000350. The molecule has 0 saturated carbocycles. The monoisotopic (exact) mass is 360 g/mol. The van der Waals surface area contributed by atoms with Crippen molar-refractivity contribution in [1.82, 2.24) is 0 Å². The summed E-state index contributed by atoms with van der Waals surface area (Å²) in [7, 11) is 0. The van der Waals surface area contributed by atoms with Crippen LogP contribution < -0.4 is 0 Å². The van der Waals surface area contributed by atoms with Crippen molar-refractivity contribution < 1.29 is 19.7 Å². The Bertz CT molecular complexity index is 564. The van der Waals surface area contributed by atoms with Gasteiger partial charge in [0.1, 0.15) is 0 Å². The number of benzene rings is 2. The van der Waals surface area contributed by atoms with Crippen molar-refractivity contribution in [2.75, 3.05) is 6.61 Å². The molecule has 4 nitrogen and oxygen atoms in total. The molecule has 26 heavy (non-hydrogen) atoms. The first-order valence-corrected chi connectivity index (χ1v) is 9.11. The molecule has 0 aromatic heterocycles. The van der Waals surface area contributed by atoms with E-state index < -0.39 is 5.79 Å². The molecule has 1 unspecified atom stereocenters. The van der Waals surface area contributed by atoms with Gasteiger partial charge in [-0.1, -0.05) is 67.6 Å². The van der Waals surface area contributed by atoms with Gasteiger partial charge in [-0.15, -0.1) is 0 Å². The molecule has 2 aromatic carbocycles. The van der Waals surface area contributed by atoms with E-state index in [0.717, 1.165) is 18.4 Å². The highest BCUT2D eigenvalue weighted by molar-refractivity contribution is 5.13. The predicted octanol–water partition coefficient (Wildman–Crippen LogP) is 4.30. The predicted molar refractivity (Wildman–Crippen MR) is 105 cm³/mol. The Morgan fingerprint density at radius 2 is 1.46 bits per heavy atom. The molecule has 2 rings (SSSR count). The largest absolute Gasteiger partial charge is 0.392 e. The Hall–Kier alpha value is -1.72. The maximum Gasteiger partial charge on any atom is 0.159 e. The van der Waals surface area contributed by atoms with Crippen LogP contribution in [0.2, 0.25) is 0 Å². The molecule has 0 aliphatic rings. The Kier molecular flexibility index (Phi) is 10.8. The van der Waals surface area contributed by atoms with Gasteiger partial charge in [-0.25, -0.2) is 0 Å². The number of aliphatic hydroxyl groups is 2. The summed E-state index contributed by atoms with van der Waals surface area (Å²) in [6.07, 6.45) is 1.92. The lowest BCUT2D eigenvalue weighted by Gasteiger charge is -2.21. The van der Waals surface area contributed by atoms with E-state index in [4.69, 9.17) is 14.6 Å². The lowest BCUT2D eigenvalue weighted by molar-refractivity contribution is -0.180. The van der Waals surface area contributed by atoms with Crippen LogP contribution in [0.5, 0.6) is 0 Å². The first kappa shape index (κ1) is 22.3. The van der Waals surface area contributed by atoms with Gasteiger partial charge in [0.25, 0.3) is 0 Å². The van der Waals surface area contributed by atoms with Gasteiger partial charge in [-0.3, -0.25) is 0 Å². The van der Waals surface area contributed by atoms with E-state index in [9.17, 15) is 5.11 Å². The molecule has 0 bridgehead atoms. The topological polar surface area (TPSA) is 58.9 Å². The van der Waals surface area contributed by atoms with E-state index in [-0.39, 0.29) is 12.7 Å². The van der Waals surface area contributed by atoms with Crippen molar-refractivity contribution in [2.24, 2.45) is 0 Å². The average Bonchev–Trinajstić information content (AvgIpc) is 2.65. The summed E-state index contributed by atoms with van der Waals surface area (Å²) in [6.45, 7) is 6.65. The normalized spacial score (nSPS) is 12.2. The summed E-state index contributed by atoms with van der Waals surface area (Å²) in [5.74, 6) is -1.06. The molecular weight excluding hydrogens is 328 g/mol. The number of hydrogen-bond acceptors (Lipinski definition) is 4. The zero-order valence-corrected chi connectivity index (χ0v) is 16.1. The van der Waals surface area contributed by atoms with Gasteiger partial charge in [-0.2, -0.15) is 0 Å². The molecule has 1 atom stereocenters. The van der Waals surface area contributed by atoms with Gasteiger partial charge in [0.2, 0.25) is 0 Å². The summed E-state index contributed by atoms with van der Waals surface area (Å²) in [4.78, 5) is 0. The van der Waals surface area contributed by atoms with Crippen LogP contribution in [0, 0.1) is 0 Å². The third-order valence-electron chi connectivity index (χ3n) is 3.70. The second-order valence-electron chi connectivity index (χ2n) is 6.55. The van der Waals surface area contributed by atoms with Gasteiger partial charge >= 0.3 is 0 Å². The van der Waals surface area contributed by atoms with Crippen molar-refractivity contribution in [1.29, 1.82) is 0 Å². The van der Waals surface area contributed by atoms with Crippen molar-refractivity contribution in [3.63, 3.8) is 0 Å². The summed E-state index contributed by atoms with van der Waals surface area (Å²) in [5, 5.41) is 18.0. The summed E-state index contributed by atoms with van der Waals surface area (Å²) < 4.78 is 11.1. The minimum atomic E-state index is -1.06. The van der Waals surface area contributed by atoms with Gasteiger partial charge in [0.15, 0.2) is 5.79 Å². The minimum Gasteiger partial charge on any atom is -0.392 e. The molecular formula is C22H32O4. The SMILES string of the molecule is CCC(CCOC(C)(C)O)OCc1ccccc1.OCc1ccccc1. The zero-order valence-electron chi connectivity index (χ0n) is 16.1. The average molecular weight is 360 g/mol. The second-order valence-corrected chi connectivity index (χ2v) is 6.55. The zero-order chi connectivity index (χ0) is 19.3. The summed E-state index contributed by atoms with van der Waals surface area (Å²) in [5.41, 5.74) is 2.15. The Morgan fingerprint density at radius 3 is 1.88 bits per heavy atom. The fraction of sp³-hybridized carbons (Fsp3) is 0.455. The van der Waals surface area contributed by atoms with E-state index in [1.165, 1.54) is 5.56 Å². The van der Waals surface area contributed by atoms with Crippen molar-refractivity contribution in [3.05, 3.63) is 71.8 Å². The lowest BCUT2D eigenvalue weighted by Crippen LogP contribution is -2.25. The molecule has 0 amide bonds. The molecule has 0 aliphatic heterocycles. The Morgan fingerprint density at radius 1 is 0.923 bits per heavy atom.